The number of carbonyl (C=O) groups excluding carboxylic acids is 1. The van der Waals surface area contributed by atoms with Crippen LogP contribution in [0.4, 0.5) is 0 Å². The van der Waals surface area contributed by atoms with Gasteiger partial charge < -0.3 is 9.47 Å². The number of hydrogen-bond acceptors (Lipinski definition) is 7. The van der Waals surface area contributed by atoms with Crippen LogP contribution >= 0.6 is 11.8 Å². The molecule has 7 nitrogen and oxygen atoms in total. The van der Waals surface area contributed by atoms with Crippen LogP contribution in [-0.2, 0) is 9.53 Å². The third-order valence-electron chi connectivity index (χ3n) is 3.34. The summed E-state index contributed by atoms with van der Waals surface area (Å²) in [5, 5.41) is 5.89. The summed E-state index contributed by atoms with van der Waals surface area (Å²) in [4.78, 5) is 20.3. The Labute approximate surface area is 149 Å². The number of fused-ring (bicyclic) bond motifs is 1. The molecular formula is C17H18N4O3S. The van der Waals surface area contributed by atoms with Crippen molar-refractivity contribution in [3.63, 3.8) is 0 Å². The monoisotopic (exact) mass is 358 g/mol. The van der Waals surface area contributed by atoms with E-state index in [1.165, 1.54) is 18.1 Å². The van der Waals surface area contributed by atoms with Gasteiger partial charge in [0.2, 0.25) is 0 Å². The SMILES string of the molecule is COc1ccc(-n2ncc3c(SCC(=O)OC(C)C)ncnc32)cc1. The molecule has 8 heteroatoms. The van der Waals surface area contributed by atoms with Crippen molar-refractivity contribution in [2.75, 3.05) is 12.9 Å². The lowest BCUT2D eigenvalue weighted by molar-refractivity contribution is -0.144. The topological polar surface area (TPSA) is 79.1 Å². The third kappa shape index (κ3) is 3.90. The molecule has 1 aromatic carbocycles. The van der Waals surface area contributed by atoms with Gasteiger partial charge in [-0.3, -0.25) is 4.79 Å². The molecule has 3 rings (SSSR count). The molecule has 2 heterocycles. The number of esters is 1. The lowest BCUT2D eigenvalue weighted by Gasteiger charge is -2.07. The minimum Gasteiger partial charge on any atom is -0.497 e. The van der Waals surface area contributed by atoms with Crippen LogP contribution in [0.2, 0.25) is 0 Å². The molecule has 0 saturated carbocycles. The zero-order chi connectivity index (χ0) is 17.8. The molecule has 0 amide bonds. The first-order chi connectivity index (χ1) is 12.1. The average molecular weight is 358 g/mol. The van der Waals surface area contributed by atoms with Crippen molar-refractivity contribution in [2.45, 2.75) is 25.0 Å². The standard InChI is InChI=1S/C17H18N4O3S/c1-11(2)24-15(22)9-25-17-14-8-20-21(16(14)18-10-19-17)12-4-6-13(23-3)7-5-12/h4-8,10-11H,9H2,1-3H3. The number of thioether (sulfide) groups is 1. The molecule has 0 unspecified atom stereocenters. The lowest BCUT2D eigenvalue weighted by Crippen LogP contribution is -2.13. The van der Waals surface area contributed by atoms with Crippen molar-refractivity contribution >= 4 is 28.8 Å². The molecule has 0 radical (unpaired) electrons. The van der Waals surface area contributed by atoms with Crippen LogP contribution in [-0.4, -0.2) is 44.7 Å². The van der Waals surface area contributed by atoms with Gasteiger partial charge in [-0.2, -0.15) is 5.10 Å². The fourth-order valence-corrected chi connectivity index (χ4v) is 3.02. The maximum atomic E-state index is 11.7. The fourth-order valence-electron chi connectivity index (χ4n) is 2.27. The van der Waals surface area contributed by atoms with Crippen LogP contribution < -0.4 is 4.74 Å². The average Bonchev–Trinajstić information content (AvgIpc) is 3.04. The molecule has 0 aliphatic rings. The Kier molecular flexibility index (Phi) is 5.18. The summed E-state index contributed by atoms with van der Waals surface area (Å²) in [6, 6.07) is 7.53. The molecule has 0 fully saturated rings. The summed E-state index contributed by atoms with van der Waals surface area (Å²) in [6.45, 7) is 3.65. The highest BCUT2D eigenvalue weighted by Gasteiger charge is 2.14. The Morgan fingerprint density at radius 3 is 2.68 bits per heavy atom. The number of hydrogen-bond donors (Lipinski definition) is 0. The van der Waals surface area contributed by atoms with E-state index in [-0.39, 0.29) is 17.8 Å². The molecule has 0 saturated heterocycles. The molecular weight excluding hydrogens is 340 g/mol. The van der Waals surface area contributed by atoms with Crippen LogP contribution in [0.25, 0.3) is 16.7 Å². The number of ether oxygens (including phenoxy) is 2. The van der Waals surface area contributed by atoms with Gasteiger partial charge in [0.15, 0.2) is 5.65 Å². The third-order valence-corrected chi connectivity index (χ3v) is 4.32. The minimum absolute atomic E-state index is 0.128. The second-order valence-electron chi connectivity index (χ2n) is 5.50. The highest BCUT2D eigenvalue weighted by atomic mass is 32.2. The minimum atomic E-state index is -0.269. The fraction of sp³-hybridized carbons (Fsp3) is 0.294. The largest absolute Gasteiger partial charge is 0.497 e. The summed E-state index contributed by atoms with van der Waals surface area (Å²) >= 11 is 1.32. The maximum Gasteiger partial charge on any atom is 0.316 e. The molecule has 0 N–H and O–H groups in total. The van der Waals surface area contributed by atoms with E-state index in [0.717, 1.165) is 16.8 Å². The second kappa shape index (κ2) is 7.52. The van der Waals surface area contributed by atoms with E-state index in [4.69, 9.17) is 9.47 Å². The molecule has 130 valence electrons. The van der Waals surface area contributed by atoms with Gasteiger partial charge in [0.05, 0.1) is 36.2 Å². The van der Waals surface area contributed by atoms with Crippen molar-refractivity contribution in [3.8, 4) is 11.4 Å². The van der Waals surface area contributed by atoms with E-state index >= 15 is 0 Å². The zero-order valence-corrected chi connectivity index (χ0v) is 15.0. The van der Waals surface area contributed by atoms with E-state index in [0.29, 0.717) is 10.7 Å². The molecule has 0 bridgehead atoms. The zero-order valence-electron chi connectivity index (χ0n) is 14.2. The second-order valence-corrected chi connectivity index (χ2v) is 6.46. The number of aromatic nitrogens is 4. The number of rotatable bonds is 6. The smallest absolute Gasteiger partial charge is 0.316 e. The van der Waals surface area contributed by atoms with E-state index in [9.17, 15) is 4.79 Å². The van der Waals surface area contributed by atoms with Gasteiger partial charge in [0.25, 0.3) is 0 Å². The van der Waals surface area contributed by atoms with Gasteiger partial charge in [-0.1, -0.05) is 11.8 Å². The predicted molar refractivity (Wildman–Crippen MR) is 95.2 cm³/mol. The predicted octanol–water partition coefficient (Wildman–Crippen LogP) is 2.87. The molecule has 0 spiro atoms. The van der Waals surface area contributed by atoms with E-state index in [2.05, 4.69) is 15.1 Å². The first-order valence-electron chi connectivity index (χ1n) is 7.74. The highest BCUT2D eigenvalue weighted by molar-refractivity contribution is 8.00. The van der Waals surface area contributed by atoms with Gasteiger partial charge >= 0.3 is 5.97 Å². The van der Waals surface area contributed by atoms with Gasteiger partial charge in [0.1, 0.15) is 17.1 Å². The maximum absolute atomic E-state index is 11.7. The van der Waals surface area contributed by atoms with E-state index in [1.807, 2.05) is 38.1 Å². The quantitative estimate of drug-likeness (QED) is 0.381. The van der Waals surface area contributed by atoms with Crippen molar-refractivity contribution in [2.24, 2.45) is 0 Å². The van der Waals surface area contributed by atoms with Crippen molar-refractivity contribution < 1.29 is 14.3 Å². The number of carbonyl (C=O) groups is 1. The van der Waals surface area contributed by atoms with Crippen LogP contribution in [0, 0.1) is 0 Å². The van der Waals surface area contributed by atoms with Crippen molar-refractivity contribution in [1.82, 2.24) is 19.7 Å². The Morgan fingerprint density at radius 1 is 1.24 bits per heavy atom. The number of benzene rings is 1. The van der Waals surface area contributed by atoms with Gasteiger partial charge in [-0.05, 0) is 38.1 Å². The van der Waals surface area contributed by atoms with E-state index < -0.39 is 0 Å². The normalized spacial score (nSPS) is 11.0. The Balaban J connectivity index is 1.85. The number of nitrogens with zero attached hydrogens (tertiary/aromatic N) is 4. The van der Waals surface area contributed by atoms with Crippen molar-refractivity contribution in [1.29, 1.82) is 0 Å². The van der Waals surface area contributed by atoms with Gasteiger partial charge in [-0.25, -0.2) is 14.6 Å². The number of methoxy groups -OCH3 is 1. The summed E-state index contributed by atoms with van der Waals surface area (Å²) in [5.74, 6) is 0.696. The van der Waals surface area contributed by atoms with Crippen molar-refractivity contribution in [3.05, 3.63) is 36.8 Å². The van der Waals surface area contributed by atoms with Gasteiger partial charge in [-0.15, -0.1) is 0 Å². The molecule has 25 heavy (non-hydrogen) atoms. The Hall–Kier alpha value is -2.61. The first kappa shape index (κ1) is 17.2. The van der Waals surface area contributed by atoms with Crippen LogP contribution in [0.5, 0.6) is 5.75 Å². The van der Waals surface area contributed by atoms with Crippen LogP contribution in [0.1, 0.15) is 13.8 Å². The van der Waals surface area contributed by atoms with E-state index in [1.54, 1.807) is 18.0 Å². The Bertz CT molecular complexity index is 877. The van der Waals surface area contributed by atoms with Crippen LogP contribution in [0.15, 0.2) is 41.8 Å². The molecule has 2 aromatic heterocycles. The lowest BCUT2D eigenvalue weighted by atomic mass is 10.3. The summed E-state index contributed by atoms with van der Waals surface area (Å²) in [5.41, 5.74) is 1.55. The first-order valence-corrected chi connectivity index (χ1v) is 8.72. The van der Waals surface area contributed by atoms with Gasteiger partial charge in [0, 0.05) is 0 Å². The summed E-state index contributed by atoms with van der Waals surface area (Å²) < 4.78 is 12.0. The van der Waals surface area contributed by atoms with Crippen LogP contribution in [0.3, 0.4) is 0 Å². The summed E-state index contributed by atoms with van der Waals surface area (Å²) in [6.07, 6.45) is 3.05. The summed E-state index contributed by atoms with van der Waals surface area (Å²) in [7, 11) is 1.62. The molecule has 0 atom stereocenters. The molecule has 3 aromatic rings. The molecule has 0 aliphatic carbocycles. The Morgan fingerprint density at radius 2 is 2.00 bits per heavy atom. The molecule has 0 aliphatic heterocycles. The highest BCUT2D eigenvalue weighted by Crippen LogP contribution is 2.26.